The van der Waals surface area contributed by atoms with Gasteiger partial charge in [-0.1, -0.05) is 60.7 Å². The number of nitrogens with zero attached hydrogens (tertiary/aromatic N) is 3. The fourth-order valence-electron chi connectivity index (χ4n) is 2.63. The number of hydrogen-bond donors (Lipinski definition) is 0. The molecule has 0 spiro atoms. The first kappa shape index (κ1) is 15.1. The van der Waals surface area contributed by atoms with E-state index in [1.807, 2.05) is 60.7 Å². The summed E-state index contributed by atoms with van der Waals surface area (Å²) in [4.78, 5) is 26.4. The Hall–Kier alpha value is -2.82. The van der Waals surface area contributed by atoms with Crippen LogP contribution < -0.4 is 0 Å². The maximum absolute atomic E-state index is 12.5. The highest BCUT2D eigenvalue weighted by Gasteiger charge is 2.34. The van der Waals surface area contributed by atoms with Gasteiger partial charge in [0.1, 0.15) is 6.54 Å². The van der Waals surface area contributed by atoms with Crippen molar-refractivity contribution in [2.45, 2.75) is 13.1 Å². The van der Waals surface area contributed by atoms with Crippen LogP contribution in [0.2, 0.25) is 0 Å². The first-order chi connectivity index (χ1) is 11.1. The second kappa shape index (κ2) is 6.52. The molecule has 1 fully saturated rings. The third kappa shape index (κ3) is 3.34. The van der Waals surface area contributed by atoms with Gasteiger partial charge in [-0.15, -0.1) is 0 Å². The van der Waals surface area contributed by atoms with Crippen LogP contribution in [0.25, 0.3) is 0 Å². The number of hydrazine groups is 1. The van der Waals surface area contributed by atoms with Crippen molar-refractivity contribution in [2.75, 3.05) is 13.6 Å². The van der Waals surface area contributed by atoms with E-state index < -0.39 is 0 Å². The number of urea groups is 1. The summed E-state index contributed by atoms with van der Waals surface area (Å²) in [6.45, 7) is 0.881. The minimum atomic E-state index is -0.163. The zero-order valence-electron chi connectivity index (χ0n) is 13.1. The average Bonchev–Trinajstić information content (AvgIpc) is 2.58. The highest BCUT2D eigenvalue weighted by atomic mass is 16.2. The van der Waals surface area contributed by atoms with Crippen molar-refractivity contribution in [2.24, 2.45) is 0 Å². The molecule has 3 amide bonds. The predicted octanol–water partition coefficient (Wildman–Crippen LogP) is 2.50. The van der Waals surface area contributed by atoms with Crippen LogP contribution in [0.5, 0.6) is 0 Å². The Morgan fingerprint density at radius 2 is 1.26 bits per heavy atom. The van der Waals surface area contributed by atoms with Gasteiger partial charge in [-0.2, -0.15) is 0 Å². The van der Waals surface area contributed by atoms with Crippen LogP contribution in [-0.2, 0) is 17.9 Å². The fraction of sp³-hybridized carbons (Fsp3) is 0.222. The summed E-state index contributed by atoms with van der Waals surface area (Å²) >= 11 is 0. The molecule has 5 heteroatoms. The third-order valence-corrected chi connectivity index (χ3v) is 3.85. The molecule has 0 radical (unpaired) electrons. The molecule has 118 valence electrons. The van der Waals surface area contributed by atoms with Crippen LogP contribution >= 0.6 is 0 Å². The number of hydrogen-bond acceptors (Lipinski definition) is 2. The highest BCUT2D eigenvalue weighted by Crippen LogP contribution is 2.18. The third-order valence-electron chi connectivity index (χ3n) is 3.85. The van der Waals surface area contributed by atoms with Crippen LogP contribution in [0, 0.1) is 0 Å². The van der Waals surface area contributed by atoms with Crippen molar-refractivity contribution in [1.82, 2.24) is 14.9 Å². The Kier molecular flexibility index (Phi) is 4.28. The van der Waals surface area contributed by atoms with Crippen LogP contribution in [0.15, 0.2) is 60.7 Å². The van der Waals surface area contributed by atoms with E-state index >= 15 is 0 Å². The summed E-state index contributed by atoms with van der Waals surface area (Å²) < 4.78 is 0. The maximum Gasteiger partial charge on any atom is 0.339 e. The molecule has 5 nitrogen and oxygen atoms in total. The summed E-state index contributed by atoms with van der Waals surface area (Å²) in [7, 11) is 1.65. The van der Waals surface area contributed by atoms with Gasteiger partial charge in [-0.25, -0.2) is 14.8 Å². The maximum atomic E-state index is 12.5. The largest absolute Gasteiger partial charge is 0.339 e. The van der Waals surface area contributed by atoms with Gasteiger partial charge in [0.15, 0.2) is 0 Å². The minimum absolute atomic E-state index is 0.0770. The monoisotopic (exact) mass is 309 g/mol. The van der Waals surface area contributed by atoms with Gasteiger partial charge in [-0.05, 0) is 11.1 Å². The van der Waals surface area contributed by atoms with Crippen molar-refractivity contribution >= 4 is 11.9 Å². The van der Waals surface area contributed by atoms with Crippen LogP contribution in [-0.4, -0.2) is 40.4 Å². The summed E-state index contributed by atoms with van der Waals surface area (Å²) in [6.07, 6.45) is 0. The van der Waals surface area contributed by atoms with Crippen molar-refractivity contribution in [1.29, 1.82) is 0 Å². The predicted molar refractivity (Wildman–Crippen MR) is 87.0 cm³/mol. The van der Waals surface area contributed by atoms with Crippen molar-refractivity contribution in [3.8, 4) is 0 Å². The van der Waals surface area contributed by atoms with Crippen LogP contribution in [0.1, 0.15) is 11.1 Å². The van der Waals surface area contributed by atoms with Crippen LogP contribution in [0.3, 0.4) is 0 Å². The molecular weight excluding hydrogens is 290 g/mol. The van der Waals surface area contributed by atoms with E-state index in [2.05, 4.69) is 0 Å². The smallest absolute Gasteiger partial charge is 0.317 e. The molecule has 1 aliphatic heterocycles. The average molecular weight is 309 g/mol. The quantitative estimate of drug-likeness (QED) is 0.871. The summed E-state index contributed by atoms with van der Waals surface area (Å²) in [5, 5.41) is 3.07. The lowest BCUT2D eigenvalue weighted by Gasteiger charge is -2.42. The molecular formula is C18H19N3O2. The molecule has 0 saturated carbocycles. The highest BCUT2D eigenvalue weighted by molar-refractivity contribution is 5.89. The number of carbonyl (C=O) groups excluding carboxylic acids is 2. The lowest BCUT2D eigenvalue weighted by molar-refractivity contribution is -0.153. The Bertz CT molecular complexity index is 688. The van der Waals surface area contributed by atoms with Crippen molar-refractivity contribution in [3.63, 3.8) is 0 Å². The summed E-state index contributed by atoms with van der Waals surface area (Å²) in [5.74, 6) is -0.0770. The molecule has 0 N–H and O–H groups in total. The zero-order chi connectivity index (χ0) is 16.2. The second-order valence-corrected chi connectivity index (χ2v) is 5.62. The molecule has 3 rings (SSSR count). The number of likely N-dealkylation sites (N-methyl/N-ethyl adjacent to an activating group) is 1. The van der Waals surface area contributed by atoms with Gasteiger partial charge in [0.25, 0.3) is 5.91 Å². The SMILES string of the molecule is CN1CC(=O)N(Cc2ccccc2)N(Cc2ccccc2)C1=O. The van der Waals surface area contributed by atoms with E-state index in [1.54, 1.807) is 12.1 Å². The van der Waals surface area contributed by atoms with Gasteiger partial charge < -0.3 is 4.90 Å². The Balaban J connectivity index is 1.86. The van der Waals surface area contributed by atoms with E-state index in [0.717, 1.165) is 11.1 Å². The molecule has 2 aromatic carbocycles. The Morgan fingerprint density at radius 3 is 1.78 bits per heavy atom. The lowest BCUT2D eigenvalue weighted by Crippen LogP contribution is -2.60. The van der Waals surface area contributed by atoms with Crippen LogP contribution in [0.4, 0.5) is 4.79 Å². The van der Waals surface area contributed by atoms with Gasteiger partial charge in [0.05, 0.1) is 13.1 Å². The molecule has 0 unspecified atom stereocenters. The van der Waals surface area contributed by atoms with Gasteiger partial charge in [0.2, 0.25) is 0 Å². The Labute approximate surface area is 135 Å². The van der Waals surface area contributed by atoms with Gasteiger partial charge in [0, 0.05) is 7.05 Å². The van der Waals surface area contributed by atoms with E-state index in [-0.39, 0.29) is 18.5 Å². The first-order valence-electron chi connectivity index (χ1n) is 7.56. The molecule has 1 aliphatic rings. The molecule has 1 heterocycles. The van der Waals surface area contributed by atoms with E-state index in [0.29, 0.717) is 13.1 Å². The zero-order valence-corrected chi connectivity index (χ0v) is 13.1. The van der Waals surface area contributed by atoms with Crippen molar-refractivity contribution < 1.29 is 9.59 Å². The molecule has 0 aliphatic carbocycles. The summed E-state index contributed by atoms with van der Waals surface area (Å²) in [6, 6.07) is 19.2. The van der Waals surface area contributed by atoms with Gasteiger partial charge >= 0.3 is 6.03 Å². The molecule has 1 saturated heterocycles. The number of benzene rings is 2. The van der Waals surface area contributed by atoms with E-state index in [1.165, 1.54) is 9.91 Å². The van der Waals surface area contributed by atoms with E-state index in [9.17, 15) is 9.59 Å². The second-order valence-electron chi connectivity index (χ2n) is 5.62. The number of rotatable bonds is 4. The lowest BCUT2D eigenvalue weighted by atomic mass is 10.2. The topological polar surface area (TPSA) is 43.9 Å². The fourth-order valence-corrected chi connectivity index (χ4v) is 2.63. The molecule has 0 atom stereocenters. The minimum Gasteiger partial charge on any atom is -0.317 e. The molecule has 0 bridgehead atoms. The molecule has 2 aromatic rings. The number of amides is 3. The normalized spacial score (nSPS) is 15.3. The van der Waals surface area contributed by atoms with Gasteiger partial charge in [-0.3, -0.25) is 4.79 Å². The first-order valence-corrected chi connectivity index (χ1v) is 7.56. The van der Waals surface area contributed by atoms with E-state index in [4.69, 9.17) is 0 Å². The standard InChI is InChI=1S/C18H19N3O2/c1-19-14-17(22)20(12-15-8-4-2-5-9-15)21(18(19)23)13-16-10-6-3-7-11-16/h2-11H,12-14H2,1H3. The Morgan fingerprint density at radius 1 is 0.783 bits per heavy atom. The summed E-state index contributed by atoms with van der Waals surface area (Å²) in [5.41, 5.74) is 1.98. The molecule has 0 aromatic heterocycles. The molecule has 23 heavy (non-hydrogen) atoms. The van der Waals surface area contributed by atoms with Crippen molar-refractivity contribution in [3.05, 3.63) is 71.8 Å². The number of carbonyl (C=O) groups is 2.